The zero-order valence-electron chi connectivity index (χ0n) is 17.5. The Balaban J connectivity index is 1.68. The first-order chi connectivity index (χ1) is 13.2. The number of benzene rings is 1. The first-order valence-corrected chi connectivity index (χ1v) is 12.6. The summed E-state index contributed by atoms with van der Waals surface area (Å²) in [5.41, 5.74) is 4.17. The molecule has 0 aliphatic carbocycles. The van der Waals surface area contributed by atoms with Crippen LogP contribution in [0, 0.1) is 0 Å². The number of pyridine rings is 1. The van der Waals surface area contributed by atoms with Gasteiger partial charge >= 0.3 is 0 Å². The molecule has 28 heavy (non-hydrogen) atoms. The van der Waals surface area contributed by atoms with Gasteiger partial charge in [-0.25, -0.2) is 9.50 Å². The number of nitrogens with zero attached hydrogens (tertiary/aromatic N) is 4. The van der Waals surface area contributed by atoms with Gasteiger partial charge in [0, 0.05) is 41.5 Å². The van der Waals surface area contributed by atoms with Gasteiger partial charge in [0.25, 0.3) is 0 Å². The Hall–Kier alpha value is -2.44. The van der Waals surface area contributed by atoms with E-state index in [2.05, 4.69) is 82.0 Å². The number of aromatic nitrogens is 4. The van der Waals surface area contributed by atoms with E-state index >= 15 is 0 Å². The van der Waals surface area contributed by atoms with E-state index in [1.54, 1.807) is 0 Å². The molecule has 0 aliphatic rings. The van der Waals surface area contributed by atoms with E-state index in [0.29, 0.717) is 6.61 Å². The fraction of sp³-hybridized carbons (Fsp3) is 0.364. The molecule has 0 amide bonds. The van der Waals surface area contributed by atoms with Crippen molar-refractivity contribution in [3.05, 3.63) is 54.4 Å². The Morgan fingerprint density at radius 3 is 2.61 bits per heavy atom. The van der Waals surface area contributed by atoms with Gasteiger partial charge in [0.15, 0.2) is 19.8 Å². The second kappa shape index (κ2) is 6.57. The fourth-order valence-corrected chi connectivity index (χ4v) is 4.04. The topological polar surface area (TPSA) is 44.4 Å². The normalized spacial score (nSPS) is 12.9. The second-order valence-corrected chi connectivity index (χ2v) is 13.8. The molecule has 0 N–H and O–H groups in total. The molecule has 6 heteroatoms. The Morgan fingerprint density at radius 1 is 1.07 bits per heavy atom. The lowest BCUT2D eigenvalue weighted by Crippen LogP contribution is -2.40. The first-order valence-electron chi connectivity index (χ1n) is 9.69. The SMILES string of the molecule is Cn1ccc2cc(-c3nc4c(CO[Si](C)(C)C(C)(C)C)cccn4n3)ccc21. The molecule has 0 atom stereocenters. The molecule has 0 aliphatic heterocycles. The van der Waals surface area contributed by atoms with Gasteiger partial charge in [-0.2, -0.15) is 0 Å². The molecule has 4 rings (SSSR count). The van der Waals surface area contributed by atoms with E-state index in [1.165, 1.54) is 10.9 Å². The van der Waals surface area contributed by atoms with Crippen LogP contribution in [0.5, 0.6) is 0 Å². The summed E-state index contributed by atoms with van der Waals surface area (Å²) >= 11 is 0. The van der Waals surface area contributed by atoms with E-state index in [-0.39, 0.29) is 5.04 Å². The van der Waals surface area contributed by atoms with E-state index in [4.69, 9.17) is 14.5 Å². The lowest BCUT2D eigenvalue weighted by molar-refractivity contribution is 0.277. The highest BCUT2D eigenvalue weighted by Crippen LogP contribution is 2.37. The van der Waals surface area contributed by atoms with Crippen LogP contribution in [0.4, 0.5) is 0 Å². The van der Waals surface area contributed by atoms with Crippen molar-refractivity contribution < 1.29 is 4.43 Å². The molecule has 0 radical (unpaired) electrons. The summed E-state index contributed by atoms with van der Waals surface area (Å²) < 4.78 is 10.4. The molecule has 0 spiro atoms. The highest BCUT2D eigenvalue weighted by molar-refractivity contribution is 6.74. The molecule has 3 aromatic heterocycles. The van der Waals surface area contributed by atoms with Gasteiger partial charge in [0.1, 0.15) is 0 Å². The van der Waals surface area contributed by atoms with Crippen LogP contribution in [0.3, 0.4) is 0 Å². The maximum atomic E-state index is 6.42. The molecule has 0 unspecified atom stereocenters. The van der Waals surface area contributed by atoms with Crippen molar-refractivity contribution in [2.24, 2.45) is 7.05 Å². The average Bonchev–Trinajstić information content (AvgIpc) is 3.23. The average molecular weight is 393 g/mol. The summed E-state index contributed by atoms with van der Waals surface area (Å²) in [5, 5.41) is 6.08. The number of rotatable bonds is 4. The van der Waals surface area contributed by atoms with Gasteiger partial charge in [0.05, 0.1) is 6.61 Å². The van der Waals surface area contributed by atoms with Gasteiger partial charge in [-0.15, -0.1) is 5.10 Å². The molecule has 5 nitrogen and oxygen atoms in total. The standard InChI is InChI=1S/C22H28N4OSi/c1-22(2,3)28(5,6)27-15-18-8-7-12-26-21(18)23-20(24-26)17-9-10-19-16(14-17)11-13-25(19)4/h7-14H,15H2,1-6H3. The van der Waals surface area contributed by atoms with Gasteiger partial charge in [-0.3, -0.25) is 0 Å². The molecule has 0 saturated heterocycles. The van der Waals surface area contributed by atoms with Crippen molar-refractivity contribution in [2.45, 2.75) is 45.5 Å². The Kier molecular flexibility index (Phi) is 4.43. The minimum absolute atomic E-state index is 0.183. The quantitative estimate of drug-likeness (QED) is 0.436. The smallest absolute Gasteiger partial charge is 0.192 e. The fourth-order valence-electron chi connectivity index (χ4n) is 3.09. The molecular formula is C22H28N4OSi. The Labute approximate surface area is 167 Å². The number of hydrogen-bond donors (Lipinski definition) is 0. The maximum Gasteiger partial charge on any atom is 0.192 e. The van der Waals surface area contributed by atoms with Crippen molar-refractivity contribution in [1.82, 2.24) is 19.2 Å². The van der Waals surface area contributed by atoms with Crippen molar-refractivity contribution >= 4 is 24.9 Å². The Bertz CT molecular complexity index is 1150. The monoisotopic (exact) mass is 392 g/mol. The van der Waals surface area contributed by atoms with Gasteiger partial charge in [-0.1, -0.05) is 26.8 Å². The molecule has 3 heterocycles. The van der Waals surface area contributed by atoms with Crippen LogP contribution in [0.1, 0.15) is 26.3 Å². The highest BCUT2D eigenvalue weighted by Gasteiger charge is 2.37. The van der Waals surface area contributed by atoms with Crippen LogP contribution in [0.15, 0.2) is 48.8 Å². The number of fused-ring (bicyclic) bond motifs is 2. The predicted octanol–water partition coefficient (Wildman–Crippen LogP) is 5.41. The van der Waals surface area contributed by atoms with Crippen molar-refractivity contribution in [1.29, 1.82) is 0 Å². The lowest BCUT2D eigenvalue weighted by atomic mass is 10.1. The molecule has 0 fully saturated rings. The van der Waals surface area contributed by atoms with E-state index in [0.717, 1.165) is 22.6 Å². The summed E-state index contributed by atoms with van der Waals surface area (Å²) in [5.74, 6) is 0.741. The highest BCUT2D eigenvalue weighted by atomic mass is 28.4. The molecule has 1 aromatic carbocycles. The molecule has 0 saturated carbocycles. The zero-order chi connectivity index (χ0) is 20.1. The summed E-state index contributed by atoms with van der Waals surface area (Å²) in [6.45, 7) is 11.9. The van der Waals surface area contributed by atoms with Crippen LogP contribution in [0.2, 0.25) is 18.1 Å². The minimum atomic E-state index is -1.82. The van der Waals surface area contributed by atoms with E-state index < -0.39 is 8.32 Å². The van der Waals surface area contributed by atoms with Gasteiger partial charge in [-0.05, 0) is 48.5 Å². The number of hydrogen-bond acceptors (Lipinski definition) is 3. The minimum Gasteiger partial charge on any atom is -0.412 e. The van der Waals surface area contributed by atoms with Crippen molar-refractivity contribution in [3.8, 4) is 11.4 Å². The predicted molar refractivity (Wildman–Crippen MR) is 117 cm³/mol. The summed E-state index contributed by atoms with van der Waals surface area (Å²) in [6.07, 6.45) is 4.02. The second-order valence-electron chi connectivity index (χ2n) is 8.99. The van der Waals surface area contributed by atoms with Gasteiger partial charge in [0.2, 0.25) is 0 Å². The third-order valence-corrected chi connectivity index (χ3v) is 10.5. The van der Waals surface area contributed by atoms with Crippen LogP contribution < -0.4 is 0 Å². The van der Waals surface area contributed by atoms with Crippen LogP contribution in [-0.2, 0) is 18.1 Å². The van der Waals surface area contributed by atoms with Gasteiger partial charge < -0.3 is 8.99 Å². The first kappa shape index (κ1) is 18.9. The third kappa shape index (κ3) is 3.27. The van der Waals surface area contributed by atoms with Crippen molar-refractivity contribution in [3.63, 3.8) is 0 Å². The van der Waals surface area contributed by atoms with Crippen LogP contribution >= 0.6 is 0 Å². The van der Waals surface area contributed by atoms with Crippen LogP contribution in [-0.4, -0.2) is 27.5 Å². The summed E-state index contributed by atoms with van der Waals surface area (Å²) in [6, 6.07) is 12.6. The molecule has 4 aromatic rings. The molecular weight excluding hydrogens is 364 g/mol. The molecule has 146 valence electrons. The van der Waals surface area contributed by atoms with Crippen LogP contribution in [0.25, 0.3) is 27.9 Å². The maximum absolute atomic E-state index is 6.42. The van der Waals surface area contributed by atoms with E-state index in [9.17, 15) is 0 Å². The summed E-state index contributed by atoms with van der Waals surface area (Å²) in [7, 11) is 0.235. The van der Waals surface area contributed by atoms with E-state index in [1.807, 2.05) is 16.8 Å². The largest absolute Gasteiger partial charge is 0.412 e. The molecule has 0 bridgehead atoms. The Morgan fingerprint density at radius 2 is 1.86 bits per heavy atom. The van der Waals surface area contributed by atoms with Crippen molar-refractivity contribution in [2.75, 3.05) is 0 Å². The number of aryl methyl sites for hydroxylation is 1. The summed E-state index contributed by atoms with van der Waals surface area (Å²) in [4.78, 5) is 4.84. The third-order valence-electron chi connectivity index (χ3n) is 5.98. The zero-order valence-corrected chi connectivity index (χ0v) is 18.5. The lowest BCUT2D eigenvalue weighted by Gasteiger charge is -2.36.